The highest BCUT2D eigenvalue weighted by atomic mass is 19.1. The number of carbonyl (C=O) groups excluding carboxylic acids is 1. The number of nitrogens with zero attached hydrogens (tertiary/aromatic N) is 1. The fourth-order valence-corrected chi connectivity index (χ4v) is 1.99. The van der Waals surface area contributed by atoms with Gasteiger partial charge in [-0.25, -0.2) is 4.39 Å². The zero-order valence-electron chi connectivity index (χ0n) is 12.4. The number of carbonyl (C=O) groups is 2. The van der Waals surface area contributed by atoms with Gasteiger partial charge < -0.3 is 14.7 Å². The molecule has 0 heterocycles. The van der Waals surface area contributed by atoms with Crippen molar-refractivity contribution < 1.29 is 23.8 Å². The van der Waals surface area contributed by atoms with Crippen molar-refractivity contribution in [2.24, 2.45) is 5.92 Å². The van der Waals surface area contributed by atoms with Crippen LogP contribution in [-0.2, 0) is 16.1 Å². The lowest BCUT2D eigenvalue weighted by molar-refractivity contribution is -0.138. The minimum Gasteiger partial charge on any atom is -0.494 e. The number of hydrogen-bond acceptors (Lipinski definition) is 3. The van der Waals surface area contributed by atoms with Gasteiger partial charge in [-0.1, -0.05) is 13.0 Å². The molecular formula is C15H20FNO4. The summed E-state index contributed by atoms with van der Waals surface area (Å²) in [4.78, 5) is 24.0. The van der Waals surface area contributed by atoms with E-state index < -0.39 is 11.8 Å². The van der Waals surface area contributed by atoms with Gasteiger partial charge in [0, 0.05) is 26.4 Å². The molecule has 0 aliphatic heterocycles. The third-order valence-corrected chi connectivity index (χ3v) is 3.11. The molecule has 1 N–H and O–H groups in total. The summed E-state index contributed by atoms with van der Waals surface area (Å²) in [6.45, 7) is 1.98. The Morgan fingerprint density at radius 1 is 1.38 bits per heavy atom. The van der Waals surface area contributed by atoms with Crippen LogP contribution in [0.5, 0.6) is 5.75 Å². The Labute approximate surface area is 123 Å². The van der Waals surface area contributed by atoms with Gasteiger partial charge in [-0.05, 0) is 23.6 Å². The van der Waals surface area contributed by atoms with Gasteiger partial charge in [-0.2, -0.15) is 0 Å². The molecule has 1 amide bonds. The molecule has 0 fully saturated rings. The van der Waals surface area contributed by atoms with Crippen LogP contribution in [-0.4, -0.2) is 36.0 Å². The van der Waals surface area contributed by atoms with Crippen molar-refractivity contribution in [3.8, 4) is 5.75 Å². The van der Waals surface area contributed by atoms with Crippen LogP contribution >= 0.6 is 0 Å². The molecule has 5 nitrogen and oxygen atoms in total. The SMILES string of the molecule is COc1ccc(CN(C)C(=O)CC(C)CC(=O)O)cc1F. The van der Waals surface area contributed by atoms with Crippen LogP contribution in [0.2, 0.25) is 0 Å². The van der Waals surface area contributed by atoms with Crippen LogP contribution in [0.25, 0.3) is 0 Å². The van der Waals surface area contributed by atoms with Crippen LogP contribution in [0.15, 0.2) is 18.2 Å². The lowest BCUT2D eigenvalue weighted by Gasteiger charge is -2.19. The van der Waals surface area contributed by atoms with Crippen molar-refractivity contribution in [2.45, 2.75) is 26.3 Å². The fraction of sp³-hybridized carbons (Fsp3) is 0.467. The monoisotopic (exact) mass is 297 g/mol. The van der Waals surface area contributed by atoms with E-state index in [1.54, 1.807) is 20.0 Å². The maximum Gasteiger partial charge on any atom is 0.303 e. The van der Waals surface area contributed by atoms with E-state index in [4.69, 9.17) is 9.84 Å². The Morgan fingerprint density at radius 3 is 2.57 bits per heavy atom. The fourth-order valence-electron chi connectivity index (χ4n) is 1.99. The molecule has 0 aliphatic carbocycles. The van der Waals surface area contributed by atoms with Gasteiger partial charge in [0.15, 0.2) is 11.6 Å². The summed E-state index contributed by atoms with van der Waals surface area (Å²) in [6.07, 6.45) is 0.109. The topological polar surface area (TPSA) is 66.8 Å². The number of hydrogen-bond donors (Lipinski definition) is 1. The van der Waals surface area contributed by atoms with Crippen LogP contribution < -0.4 is 4.74 Å². The lowest BCUT2D eigenvalue weighted by atomic mass is 10.0. The normalized spacial score (nSPS) is 11.8. The van der Waals surface area contributed by atoms with Crippen molar-refractivity contribution >= 4 is 11.9 Å². The Morgan fingerprint density at radius 2 is 2.05 bits per heavy atom. The Balaban J connectivity index is 2.59. The average Bonchev–Trinajstić information content (AvgIpc) is 2.37. The van der Waals surface area contributed by atoms with E-state index in [0.717, 1.165) is 0 Å². The first-order valence-electron chi connectivity index (χ1n) is 6.61. The van der Waals surface area contributed by atoms with E-state index >= 15 is 0 Å². The molecule has 1 unspecified atom stereocenters. The van der Waals surface area contributed by atoms with Gasteiger partial charge in [-0.3, -0.25) is 9.59 Å². The second-order valence-corrected chi connectivity index (χ2v) is 5.13. The molecule has 1 aromatic carbocycles. The molecule has 116 valence electrons. The number of amides is 1. The van der Waals surface area contributed by atoms with Gasteiger partial charge in [0.05, 0.1) is 7.11 Å². The number of halogens is 1. The maximum atomic E-state index is 13.6. The Bertz CT molecular complexity index is 518. The summed E-state index contributed by atoms with van der Waals surface area (Å²) in [5.41, 5.74) is 0.648. The highest BCUT2D eigenvalue weighted by Crippen LogP contribution is 2.19. The van der Waals surface area contributed by atoms with E-state index in [1.165, 1.54) is 24.1 Å². The highest BCUT2D eigenvalue weighted by molar-refractivity contribution is 5.77. The number of ether oxygens (including phenoxy) is 1. The number of aliphatic carboxylic acids is 1. The molecule has 1 rings (SSSR count). The molecule has 0 saturated heterocycles. The molecule has 1 atom stereocenters. The predicted octanol–water partition coefficient (Wildman–Crippen LogP) is 2.29. The Kier molecular flexibility index (Phi) is 6.14. The summed E-state index contributed by atoms with van der Waals surface area (Å²) >= 11 is 0. The summed E-state index contributed by atoms with van der Waals surface area (Å²) in [7, 11) is 3.00. The molecule has 0 radical (unpaired) electrons. The van der Waals surface area contributed by atoms with Crippen molar-refractivity contribution in [3.63, 3.8) is 0 Å². The van der Waals surface area contributed by atoms with Crippen LogP contribution in [0.1, 0.15) is 25.3 Å². The number of carboxylic acids is 1. The van der Waals surface area contributed by atoms with Gasteiger partial charge in [0.1, 0.15) is 0 Å². The standard InChI is InChI=1S/C15H20FNO4/c1-10(7-15(19)20)6-14(18)17(2)9-11-4-5-13(21-3)12(16)8-11/h4-5,8,10H,6-7,9H2,1-3H3,(H,19,20). The number of benzene rings is 1. The largest absolute Gasteiger partial charge is 0.494 e. The quantitative estimate of drug-likeness (QED) is 0.838. The first-order valence-corrected chi connectivity index (χ1v) is 6.61. The van der Waals surface area contributed by atoms with E-state index in [0.29, 0.717) is 5.56 Å². The number of rotatable bonds is 7. The van der Waals surface area contributed by atoms with Gasteiger partial charge in [0.25, 0.3) is 0 Å². The van der Waals surface area contributed by atoms with Crippen LogP contribution in [0, 0.1) is 11.7 Å². The smallest absolute Gasteiger partial charge is 0.303 e. The van der Waals surface area contributed by atoms with Crippen LogP contribution in [0.4, 0.5) is 4.39 Å². The average molecular weight is 297 g/mol. The Hall–Kier alpha value is -2.11. The second kappa shape index (κ2) is 7.61. The maximum absolute atomic E-state index is 13.6. The minimum atomic E-state index is -0.921. The van der Waals surface area contributed by atoms with Gasteiger partial charge in [0.2, 0.25) is 5.91 Å². The summed E-state index contributed by atoms with van der Waals surface area (Å²) in [5, 5.41) is 8.67. The van der Waals surface area contributed by atoms with E-state index in [-0.39, 0.29) is 37.0 Å². The molecule has 0 saturated carbocycles. The van der Waals surface area contributed by atoms with Crippen LogP contribution in [0.3, 0.4) is 0 Å². The minimum absolute atomic E-state index is 0.0449. The molecule has 0 aliphatic rings. The summed E-state index contributed by atoms with van der Waals surface area (Å²) in [5.74, 6) is -1.64. The predicted molar refractivity (Wildman–Crippen MR) is 75.5 cm³/mol. The zero-order chi connectivity index (χ0) is 16.0. The zero-order valence-corrected chi connectivity index (χ0v) is 12.4. The van der Waals surface area contributed by atoms with E-state index in [1.807, 2.05) is 0 Å². The van der Waals surface area contributed by atoms with Crippen molar-refractivity contribution in [3.05, 3.63) is 29.6 Å². The second-order valence-electron chi connectivity index (χ2n) is 5.13. The lowest BCUT2D eigenvalue weighted by Crippen LogP contribution is -2.28. The van der Waals surface area contributed by atoms with Crippen molar-refractivity contribution in [2.75, 3.05) is 14.2 Å². The molecule has 6 heteroatoms. The molecule has 0 spiro atoms. The third kappa shape index (κ3) is 5.41. The molecule has 21 heavy (non-hydrogen) atoms. The van der Waals surface area contributed by atoms with E-state index in [9.17, 15) is 14.0 Å². The molecule has 1 aromatic rings. The first kappa shape index (κ1) is 16.9. The number of carboxylic acid groups (broad SMARTS) is 1. The summed E-state index contributed by atoms with van der Waals surface area (Å²) in [6, 6.07) is 4.52. The molecular weight excluding hydrogens is 277 g/mol. The van der Waals surface area contributed by atoms with Gasteiger partial charge in [-0.15, -0.1) is 0 Å². The number of methoxy groups -OCH3 is 1. The van der Waals surface area contributed by atoms with Gasteiger partial charge >= 0.3 is 5.97 Å². The highest BCUT2D eigenvalue weighted by Gasteiger charge is 2.16. The molecule has 0 bridgehead atoms. The first-order chi connectivity index (χ1) is 9.83. The van der Waals surface area contributed by atoms with Crippen molar-refractivity contribution in [1.29, 1.82) is 0 Å². The summed E-state index contributed by atoms with van der Waals surface area (Å²) < 4.78 is 18.4. The molecule has 0 aromatic heterocycles. The third-order valence-electron chi connectivity index (χ3n) is 3.11. The van der Waals surface area contributed by atoms with Crippen molar-refractivity contribution in [1.82, 2.24) is 4.90 Å². The van der Waals surface area contributed by atoms with E-state index in [2.05, 4.69) is 0 Å².